The lowest BCUT2D eigenvalue weighted by Gasteiger charge is -2.13. The van der Waals surface area contributed by atoms with Crippen LogP contribution in [0.1, 0.15) is 12.0 Å². The quantitative estimate of drug-likeness (QED) is 0.557. The van der Waals surface area contributed by atoms with Gasteiger partial charge in [0.05, 0.1) is 27.7 Å². The molecule has 0 aliphatic rings. The molecular formula is C18H23N3O4. The summed E-state index contributed by atoms with van der Waals surface area (Å²) in [6.07, 6.45) is 9.37. The van der Waals surface area contributed by atoms with Crippen molar-refractivity contribution >= 4 is 12.0 Å². The van der Waals surface area contributed by atoms with Crippen LogP contribution in [0.5, 0.6) is 17.2 Å². The van der Waals surface area contributed by atoms with Crippen molar-refractivity contribution < 1.29 is 19.0 Å². The predicted molar refractivity (Wildman–Crippen MR) is 95.0 cm³/mol. The maximum atomic E-state index is 11.9. The van der Waals surface area contributed by atoms with Gasteiger partial charge in [-0.25, -0.2) is 4.98 Å². The zero-order valence-electron chi connectivity index (χ0n) is 14.7. The Labute approximate surface area is 147 Å². The molecule has 0 unspecified atom stereocenters. The molecule has 1 aromatic heterocycles. The molecule has 0 bridgehead atoms. The maximum absolute atomic E-state index is 11.9. The van der Waals surface area contributed by atoms with E-state index in [1.807, 2.05) is 16.8 Å². The Balaban J connectivity index is 1.92. The molecule has 0 saturated heterocycles. The van der Waals surface area contributed by atoms with Gasteiger partial charge in [-0.2, -0.15) is 0 Å². The molecule has 1 heterocycles. The second-order valence-electron chi connectivity index (χ2n) is 5.20. The minimum atomic E-state index is -0.164. The number of hydrogen-bond acceptors (Lipinski definition) is 5. The molecule has 2 aromatic rings. The summed E-state index contributed by atoms with van der Waals surface area (Å²) in [5.74, 6) is 1.42. The van der Waals surface area contributed by atoms with Crippen molar-refractivity contribution in [3.05, 3.63) is 42.5 Å². The van der Waals surface area contributed by atoms with E-state index in [4.69, 9.17) is 14.2 Å². The average molecular weight is 345 g/mol. The van der Waals surface area contributed by atoms with Gasteiger partial charge >= 0.3 is 0 Å². The fourth-order valence-electron chi connectivity index (χ4n) is 2.37. The number of hydrogen-bond donors (Lipinski definition) is 1. The lowest BCUT2D eigenvalue weighted by molar-refractivity contribution is -0.116. The second-order valence-corrected chi connectivity index (χ2v) is 5.20. The first kappa shape index (κ1) is 18.4. The molecule has 0 aliphatic carbocycles. The van der Waals surface area contributed by atoms with E-state index in [1.54, 1.807) is 46.0 Å². The van der Waals surface area contributed by atoms with Gasteiger partial charge in [0.25, 0.3) is 0 Å². The highest BCUT2D eigenvalue weighted by atomic mass is 16.5. The van der Waals surface area contributed by atoms with Crippen molar-refractivity contribution in [3.63, 3.8) is 0 Å². The second kappa shape index (κ2) is 9.36. The Morgan fingerprint density at radius 2 is 2.00 bits per heavy atom. The van der Waals surface area contributed by atoms with Crippen LogP contribution in [-0.2, 0) is 11.3 Å². The number of nitrogens with one attached hydrogen (secondary N) is 1. The van der Waals surface area contributed by atoms with E-state index in [0.717, 1.165) is 18.5 Å². The Bertz CT molecular complexity index is 711. The number of imidazole rings is 1. The minimum absolute atomic E-state index is 0.164. The SMILES string of the molecule is COc1ccc(/C=C/C(=O)NCCCn2ccnc2)c(OC)c1OC. The summed E-state index contributed by atoms with van der Waals surface area (Å²) in [4.78, 5) is 15.9. The molecule has 2 rings (SSSR count). The average Bonchev–Trinajstić information content (AvgIpc) is 3.15. The van der Waals surface area contributed by atoms with Crippen LogP contribution in [0.3, 0.4) is 0 Å². The van der Waals surface area contributed by atoms with Gasteiger partial charge in [-0.1, -0.05) is 0 Å². The van der Waals surface area contributed by atoms with Gasteiger partial charge in [0, 0.05) is 37.1 Å². The molecule has 0 saturated carbocycles. The highest BCUT2D eigenvalue weighted by Crippen LogP contribution is 2.40. The normalized spacial score (nSPS) is 10.7. The zero-order chi connectivity index (χ0) is 18.1. The lowest BCUT2D eigenvalue weighted by Crippen LogP contribution is -2.22. The van der Waals surface area contributed by atoms with Crippen molar-refractivity contribution in [2.24, 2.45) is 0 Å². The van der Waals surface area contributed by atoms with Gasteiger partial charge in [-0.05, 0) is 24.6 Å². The third-order valence-electron chi connectivity index (χ3n) is 3.60. The van der Waals surface area contributed by atoms with E-state index in [2.05, 4.69) is 10.3 Å². The predicted octanol–water partition coefficient (Wildman–Crippen LogP) is 2.13. The molecule has 0 spiro atoms. The van der Waals surface area contributed by atoms with Crippen LogP contribution in [0.2, 0.25) is 0 Å². The largest absolute Gasteiger partial charge is 0.493 e. The third-order valence-corrected chi connectivity index (χ3v) is 3.60. The fraction of sp³-hybridized carbons (Fsp3) is 0.333. The fourth-order valence-corrected chi connectivity index (χ4v) is 2.37. The van der Waals surface area contributed by atoms with Crippen molar-refractivity contribution in [3.8, 4) is 17.2 Å². The maximum Gasteiger partial charge on any atom is 0.244 e. The first-order valence-corrected chi connectivity index (χ1v) is 7.90. The molecule has 0 fully saturated rings. The van der Waals surface area contributed by atoms with Crippen molar-refractivity contribution in [2.45, 2.75) is 13.0 Å². The Morgan fingerprint density at radius 3 is 2.64 bits per heavy atom. The van der Waals surface area contributed by atoms with Crippen molar-refractivity contribution in [1.82, 2.24) is 14.9 Å². The number of ether oxygens (including phenoxy) is 3. The minimum Gasteiger partial charge on any atom is -0.493 e. The smallest absolute Gasteiger partial charge is 0.244 e. The van der Waals surface area contributed by atoms with Crippen LogP contribution in [0.25, 0.3) is 6.08 Å². The number of carbonyl (C=O) groups excluding carboxylic acids is 1. The molecule has 0 radical (unpaired) electrons. The number of aryl methyl sites for hydroxylation is 1. The van der Waals surface area contributed by atoms with Gasteiger partial charge in [0.1, 0.15) is 0 Å². The van der Waals surface area contributed by atoms with E-state index in [0.29, 0.717) is 23.8 Å². The highest BCUT2D eigenvalue weighted by Gasteiger charge is 2.14. The van der Waals surface area contributed by atoms with Gasteiger partial charge in [-0.15, -0.1) is 0 Å². The molecule has 1 amide bonds. The number of rotatable bonds is 9. The molecule has 1 N–H and O–H groups in total. The van der Waals surface area contributed by atoms with E-state index in [1.165, 1.54) is 6.08 Å². The Hall–Kier alpha value is -2.96. The standard InChI is InChI=1S/C18H23N3O4/c1-23-15-7-5-14(17(24-2)18(15)25-3)6-8-16(22)20-9-4-11-21-12-10-19-13-21/h5-8,10,12-13H,4,9,11H2,1-3H3,(H,20,22)/b8-6+. The third kappa shape index (κ3) is 5.00. The zero-order valence-corrected chi connectivity index (χ0v) is 14.7. The molecule has 25 heavy (non-hydrogen) atoms. The summed E-state index contributed by atoms with van der Waals surface area (Å²) in [7, 11) is 4.65. The summed E-state index contributed by atoms with van der Waals surface area (Å²) in [5, 5.41) is 2.85. The molecule has 1 aromatic carbocycles. The summed E-state index contributed by atoms with van der Waals surface area (Å²) < 4.78 is 17.9. The molecule has 7 heteroatoms. The molecular weight excluding hydrogens is 322 g/mol. The van der Waals surface area contributed by atoms with Gasteiger partial charge < -0.3 is 24.1 Å². The van der Waals surface area contributed by atoms with E-state index in [9.17, 15) is 4.79 Å². The molecule has 0 aliphatic heterocycles. The summed E-state index contributed by atoms with van der Waals surface area (Å²) in [5.41, 5.74) is 0.730. The first-order valence-electron chi connectivity index (χ1n) is 7.90. The van der Waals surface area contributed by atoms with Crippen LogP contribution >= 0.6 is 0 Å². The van der Waals surface area contributed by atoms with Crippen molar-refractivity contribution in [1.29, 1.82) is 0 Å². The Kier molecular flexibility index (Phi) is 6.88. The first-order chi connectivity index (χ1) is 12.2. The van der Waals surface area contributed by atoms with E-state index < -0.39 is 0 Å². The number of amides is 1. The van der Waals surface area contributed by atoms with E-state index in [-0.39, 0.29) is 5.91 Å². The van der Waals surface area contributed by atoms with E-state index >= 15 is 0 Å². The van der Waals surface area contributed by atoms with Crippen LogP contribution in [0, 0.1) is 0 Å². The number of nitrogens with zero attached hydrogens (tertiary/aromatic N) is 2. The number of benzene rings is 1. The summed E-state index contributed by atoms with van der Waals surface area (Å²) in [6, 6.07) is 3.58. The highest BCUT2D eigenvalue weighted by molar-refractivity contribution is 5.92. The van der Waals surface area contributed by atoms with Gasteiger partial charge in [0.15, 0.2) is 11.5 Å². The van der Waals surface area contributed by atoms with Crippen molar-refractivity contribution in [2.75, 3.05) is 27.9 Å². The van der Waals surface area contributed by atoms with Crippen LogP contribution in [-0.4, -0.2) is 43.3 Å². The van der Waals surface area contributed by atoms with Crippen LogP contribution in [0.4, 0.5) is 0 Å². The lowest BCUT2D eigenvalue weighted by atomic mass is 10.1. The topological polar surface area (TPSA) is 74.6 Å². The molecule has 0 atom stereocenters. The molecule has 134 valence electrons. The van der Waals surface area contributed by atoms with Gasteiger partial charge in [0.2, 0.25) is 11.7 Å². The van der Waals surface area contributed by atoms with Crippen LogP contribution < -0.4 is 19.5 Å². The van der Waals surface area contributed by atoms with Crippen LogP contribution in [0.15, 0.2) is 36.9 Å². The monoisotopic (exact) mass is 345 g/mol. The Morgan fingerprint density at radius 1 is 1.20 bits per heavy atom. The molecule has 7 nitrogen and oxygen atoms in total. The van der Waals surface area contributed by atoms with Gasteiger partial charge in [-0.3, -0.25) is 4.79 Å². The number of aromatic nitrogens is 2. The number of carbonyl (C=O) groups is 1. The number of methoxy groups -OCH3 is 3. The summed E-state index contributed by atoms with van der Waals surface area (Å²) in [6.45, 7) is 1.40. The summed E-state index contributed by atoms with van der Waals surface area (Å²) >= 11 is 0.